The van der Waals surface area contributed by atoms with Gasteiger partial charge in [0.15, 0.2) is 0 Å². The van der Waals surface area contributed by atoms with Gasteiger partial charge in [-0.05, 0) is 42.9 Å². The first-order valence-corrected chi connectivity index (χ1v) is 5.47. The lowest BCUT2D eigenvalue weighted by Gasteiger charge is -2.32. The summed E-state index contributed by atoms with van der Waals surface area (Å²) in [6.45, 7) is 0. The van der Waals surface area contributed by atoms with Gasteiger partial charge in [0, 0.05) is 4.47 Å². The molecule has 0 saturated heterocycles. The Hall–Kier alpha value is -0.340. The molecule has 2 unspecified atom stereocenters. The van der Waals surface area contributed by atoms with Crippen molar-refractivity contribution >= 4 is 15.9 Å². The molecule has 0 amide bonds. The molecular weight excluding hydrogens is 228 g/mol. The van der Waals surface area contributed by atoms with Crippen molar-refractivity contribution in [2.75, 3.05) is 0 Å². The van der Waals surface area contributed by atoms with Crippen molar-refractivity contribution in [1.82, 2.24) is 0 Å². The predicted molar refractivity (Wildman–Crippen MR) is 56.6 cm³/mol. The van der Waals surface area contributed by atoms with Gasteiger partial charge >= 0.3 is 0 Å². The fraction of sp³-hybridized carbons (Fsp3) is 0.455. The Bertz CT molecular complexity index is 281. The molecule has 1 fully saturated rings. The first-order chi connectivity index (χ1) is 6.25. The quantitative estimate of drug-likeness (QED) is 0.844. The molecule has 1 aromatic carbocycles. The molecule has 0 spiro atoms. The van der Waals surface area contributed by atoms with Crippen molar-refractivity contribution in [3.05, 3.63) is 34.3 Å². The maximum absolute atomic E-state index is 9.41. The van der Waals surface area contributed by atoms with Crippen molar-refractivity contribution in [2.24, 2.45) is 5.92 Å². The zero-order chi connectivity index (χ0) is 9.26. The molecule has 2 heteroatoms. The van der Waals surface area contributed by atoms with Crippen LogP contribution >= 0.6 is 15.9 Å². The van der Waals surface area contributed by atoms with Crippen molar-refractivity contribution in [3.8, 4) is 0 Å². The van der Waals surface area contributed by atoms with E-state index in [0.717, 1.165) is 17.3 Å². The number of rotatable bonds is 2. The maximum atomic E-state index is 9.41. The number of aliphatic hydroxyl groups is 1. The third-order valence-corrected chi connectivity index (χ3v) is 3.32. The predicted octanol–water partition coefficient (Wildman–Crippen LogP) is 2.76. The van der Waals surface area contributed by atoms with Gasteiger partial charge in [0.05, 0.1) is 6.10 Å². The van der Waals surface area contributed by atoms with Gasteiger partial charge in [-0.25, -0.2) is 0 Å². The smallest absolute Gasteiger partial charge is 0.0571 e. The molecule has 0 heterocycles. The average molecular weight is 241 g/mol. The number of hydrogen-bond acceptors (Lipinski definition) is 1. The molecule has 2 atom stereocenters. The normalized spacial score (nSPS) is 26.9. The van der Waals surface area contributed by atoms with Crippen LogP contribution in [-0.2, 0) is 6.42 Å². The summed E-state index contributed by atoms with van der Waals surface area (Å²) in [5, 5.41) is 9.41. The van der Waals surface area contributed by atoms with Gasteiger partial charge in [0.25, 0.3) is 0 Å². The Balaban J connectivity index is 1.98. The molecule has 1 aromatic rings. The number of aliphatic hydroxyl groups excluding tert-OH is 1. The highest BCUT2D eigenvalue weighted by molar-refractivity contribution is 9.10. The van der Waals surface area contributed by atoms with E-state index < -0.39 is 0 Å². The van der Waals surface area contributed by atoms with E-state index in [2.05, 4.69) is 40.2 Å². The molecule has 1 saturated carbocycles. The molecule has 0 aliphatic heterocycles. The molecule has 1 aliphatic rings. The molecule has 1 nitrogen and oxygen atoms in total. The summed E-state index contributed by atoms with van der Waals surface area (Å²) < 4.78 is 1.12. The fourth-order valence-corrected chi connectivity index (χ4v) is 1.98. The minimum absolute atomic E-state index is 0.0522. The van der Waals surface area contributed by atoms with E-state index in [1.807, 2.05) is 0 Å². The highest BCUT2D eigenvalue weighted by atomic mass is 79.9. The second-order valence-corrected chi connectivity index (χ2v) is 4.65. The third-order valence-electron chi connectivity index (χ3n) is 2.79. The molecule has 1 N–H and O–H groups in total. The molecule has 2 rings (SSSR count). The summed E-state index contributed by atoms with van der Waals surface area (Å²) in [7, 11) is 0. The summed E-state index contributed by atoms with van der Waals surface area (Å²) in [5.41, 5.74) is 1.33. The van der Waals surface area contributed by atoms with Crippen LogP contribution in [-0.4, -0.2) is 11.2 Å². The Morgan fingerprint density at radius 1 is 1.23 bits per heavy atom. The second kappa shape index (κ2) is 3.81. The van der Waals surface area contributed by atoms with Crippen LogP contribution < -0.4 is 0 Å². The van der Waals surface area contributed by atoms with E-state index in [-0.39, 0.29) is 6.10 Å². The minimum atomic E-state index is -0.0522. The minimum Gasteiger partial charge on any atom is -0.393 e. The van der Waals surface area contributed by atoms with E-state index in [4.69, 9.17) is 0 Å². The Morgan fingerprint density at radius 3 is 2.38 bits per heavy atom. The van der Waals surface area contributed by atoms with Crippen molar-refractivity contribution in [3.63, 3.8) is 0 Å². The maximum Gasteiger partial charge on any atom is 0.0571 e. The topological polar surface area (TPSA) is 20.2 Å². The highest BCUT2D eigenvalue weighted by Gasteiger charge is 2.28. The third kappa shape index (κ3) is 2.12. The van der Waals surface area contributed by atoms with Crippen LogP contribution in [0.5, 0.6) is 0 Å². The van der Waals surface area contributed by atoms with Gasteiger partial charge in [-0.1, -0.05) is 28.1 Å². The van der Waals surface area contributed by atoms with E-state index in [1.54, 1.807) is 0 Å². The summed E-state index contributed by atoms with van der Waals surface area (Å²) in [4.78, 5) is 0. The zero-order valence-corrected chi connectivity index (χ0v) is 9.00. The van der Waals surface area contributed by atoms with Crippen LogP contribution in [0.1, 0.15) is 18.4 Å². The summed E-state index contributed by atoms with van der Waals surface area (Å²) >= 11 is 3.41. The molecule has 1 aliphatic carbocycles. The van der Waals surface area contributed by atoms with Crippen molar-refractivity contribution in [2.45, 2.75) is 25.4 Å². The summed E-state index contributed by atoms with van der Waals surface area (Å²) in [5.74, 6) is 0.501. The standard InChI is InChI=1S/C11H13BrO/c12-10-4-1-8(2-5-10)7-9-3-6-11(9)13/h1-2,4-5,9,11,13H,3,6-7H2. The molecule has 0 radical (unpaired) electrons. The van der Waals surface area contributed by atoms with Gasteiger partial charge < -0.3 is 5.11 Å². The Morgan fingerprint density at radius 2 is 1.92 bits per heavy atom. The van der Waals surface area contributed by atoms with Gasteiger partial charge in [-0.2, -0.15) is 0 Å². The van der Waals surface area contributed by atoms with E-state index in [0.29, 0.717) is 5.92 Å². The van der Waals surface area contributed by atoms with Crippen LogP contribution in [0.3, 0.4) is 0 Å². The first kappa shape index (κ1) is 9.22. The average Bonchev–Trinajstić information content (AvgIpc) is 2.15. The number of halogens is 1. The molecule has 13 heavy (non-hydrogen) atoms. The Kier molecular flexibility index (Phi) is 2.70. The van der Waals surface area contributed by atoms with Crippen LogP contribution in [0.4, 0.5) is 0 Å². The summed E-state index contributed by atoms with van der Waals surface area (Å²) in [6, 6.07) is 8.35. The second-order valence-electron chi connectivity index (χ2n) is 3.74. The van der Waals surface area contributed by atoms with Crippen molar-refractivity contribution in [1.29, 1.82) is 0 Å². The molecule has 70 valence electrons. The summed E-state index contributed by atoms with van der Waals surface area (Å²) in [6.07, 6.45) is 3.14. The molecule has 0 bridgehead atoms. The lowest BCUT2D eigenvalue weighted by molar-refractivity contribution is 0.0244. The van der Waals surface area contributed by atoms with Gasteiger partial charge in [-0.15, -0.1) is 0 Å². The van der Waals surface area contributed by atoms with E-state index in [1.165, 1.54) is 12.0 Å². The molecular formula is C11H13BrO. The largest absolute Gasteiger partial charge is 0.393 e. The zero-order valence-electron chi connectivity index (χ0n) is 7.41. The van der Waals surface area contributed by atoms with Gasteiger partial charge in [0.2, 0.25) is 0 Å². The van der Waals surface area contributed by atoms with Gasteiger partial charge in [-0.3, -0.25) is 0 Å². The van der Waals surface area contributed by atoms with Crippen molar-refractivity contribution < 1.29 is 5.11 Å². The lowest BCUT2D eigenvalue weighted by Crippen LogP contribution is -2.32. The Labute approximate surface area is 86.9 Å². The molecule has 0 aromatic heterocycles. The van der Waals surface area contributed by atoms with E-state index >= 15 is 0 Å². The van der Waals surface area contributed by atoms with E-state index in [9.17, 15) is 5.11 Å². The monoisotopic (exact) mass is 240 g/mol. The highest BCUT2D eigenvalue weighted by Crippen LogP contribution is 2.30. The van der Waals surface area contributed by atoms with Gasteiger partial charge in [0.1, 0.15) is 0 Å². The number of benzene rings is 1. The first-order valence-electron chi connectivity index (χ1n) is 4.68. The van der Waals surface area contributed by atoms with Crippen LogP contribution in [0, 0.1) is 5.92 Å². The lowest BCUT2D eigenvalue weighted by atomic mass is 9.78. The number of hydrogen-bond donors (Lipinski definition) is 1. The van der Waals surface area contributed by atoms with Crippen LogP contribution in [0.2, 0.25) is 0 Å². The van der Waals surface area contributed by atoms with Crippen LogP contribution in [0.25, 0.3) is 0 Å². The van der Waals surface area contributed by atoms with Crippen LogP contribution in [0.15, 0.2) is 28.7 Å². The fourth-order valence-electron chi connectivity index (χ4n) is 1.71. The SMILES string of the molecule is OC1CCC1Cc1ccc(Br)cc1.